The number of benzene rings is 3. The van der Waals surface area contributed by atoms with E-state index in [4.69, 9.17) is 4.74 Å². The number of aromatic nitrogens is 1. The Bertz CT molecular complexity index is 1110. The lowest BCUT2D eigenvalue weighted by Gasteiger charge is -2.07. The van der Waals surface area contributed by atoms with E-state index in [-0.39, 0.29) is 0 Å². The number of hydrogen-bond donors (Lipinski definition) is 0. The molecule has 0 saturated carbocycles. The SMILES string of the molecule is N#CC(=Cc1cccc(OCc2ccccc2)c1)c1nc2ccccc2s1. The molecule has 0 aliphatic rings. The Morgan fingerprint density at radius 2 is 1.81 bits per heavy atom. The molecule has 4 rings (SSSR count). The second kappa shape index (κ2) is 7.86. The molecule has 4 heteroatoms. The number of hydrogen-bond acceptors (Lipinski definition) is 4. The van der Waals surface area contributed by atoms with Crippen LogP contribution in [0.25, 0.3) is 21.9 Å². The molecule has 0 atom stereocenters. The minimum atomic E-state index is 0.511. The van der Waals surface area contributed by atoms with Gasteiger partial charge in [-0.25, -0.2) is 4.98 Å². The molecule has 1 aromatic heterocycles. The minimum Gasteiger partial charge on any atom is -0.489 e. The molecule has 0 fully saturated rings. The molecule has 0 amide bonds. The Kier molecular flexibility index (Phi) is 4.95. The van der Waals surface area contributed by atoms with Gasteiger partial charge in [-0.2, -0.15) is 5.26 Å². The van der Waals surface area contributed by atoms with Gasteiger partial charge in [0.2, 0.25) is 0 Å². The van der Waals surface area contributed by atoms with Crippen molar-refractivity contribution in [2.24, 2.45) is 0 Å². The normalized spacial score (nSPS) is 11.3. The number of nitriles is 1. The topological polar surface area (TPSA) is 45.9 Å². The Balaban J connectivity index is 1.57. The van der Waals surface area contributed by atoms with Crippen LogP contribution in [0.3, 0.4) is 0 Å². The third-order valence-electron chi connectivity index (χ3n) is 4.06. The molecule has 0 spiro atoms. The van der Waals surface area contributed by atoms with Crippen LogP contribution in [0.5, 0.6) is 5.75 Å². The second-order valence-electron chi connectivity index (χ2n) is 6.00. The smallest absolute Gasteiger partial charge is 0.135 e. The molecule has 0 N–H and O–H groups in total. The van der Waals surface area contributed by atoms with Crippen molar-refractivity contribution < 1.29 is 4.74 Å². The summed E-state index contributed by atoms with van der Waals surface area (Å²) in [4.78, 5) is 4.57. The zero-order valence-corrected chi connectivity index (χ0v) is 15.3. The Morgan fingerprint density at radius 3 is 2.63 bits per heavy atom. The first-order valence-electron chi connectivity index (χ1n) is 8.56. The number of rotatable bonds is 5. The average Bonchev–Trinajstić information content (AvgIpc) is 3.15. The van der Waals surface area contributed by atoms with Crippen LogP contribution in [0.15, 0.2) is 78.9 Å². The van der Waals surface area contributed by atoms with E-state index in [1.54, 1.807) is 0 Å². The standard InChI is InChI=1S/C23H16N2OS/c24-15-19(23-25-21-11-4-5-12-22(21)27-23)13-18-9-6-10-20(14-18)26-16-17-7-2-1-3-8-17/h1-14H,16H2. The molecule has 3 aromatic carbocycles. The van der Waals surface area contributed by atoms with Gasteiger partial charge in [0, 0.05) is 0 Å². The fourth-order valence-electron chi connectivity index (χ4n) is 2.73. The number of thiazole rings is 1. The summed E-state index contributed by atoms with van der Waals surface area (Å²) in [6.45, 7) is 0.511. The lowest BCUT2D eigenvalue weighted by molar-refractivity contribution is 0.306. The van der Waals surface area contributed by atoms with Gasteiger partial charge in [0.15, 0.2) is 0 Å². The van der Waals surface area contributed by atoms with E-state index in [9.17, 15) is 5.26 Å². The van der Waals surface area contributed by atoms with Crippen LogP contribution in [-0.2, 0) is 6.61 Å². The minimum absolute atomic E-state index is 0.511. The number of nitrogens with zero attached hydrogens (tertiary/aromatic N) is 2. The van der Waals surface area contributed by atoms with Crippen molar-refractivity contribution in [3.63, 3.8) is 0 Å². The predicted octanol–water partition coefficient (Wildman–Crippen LogP) is 5.94. The van der Waals surface area contributed by atoms with Crippen molar-refractivity contribution in [2.75, 3.05) is 0 Å². The summed E-state index contributed by atoms with van der Waals surface area (Å²) in [6, 6.07) is 28.0. The average molecular weight is 368 g/mol. The van der Waals surface area contributed by atoms with E-state index in [0.717, 1.165) is 32.1 Å². The molecule has 0 saturated heterocycles. The first-order valence-corrected chi connectivity index (χ1v) is 9.38. The zero-order valence-electron chi connectivity index (χ0n) is 14.5. The van der Waals surface area contributed by atoms with E-state index in [1.807, 2.05) is 84.9 Å². The summed E-state index contributed by atoms with van der Waals surface area (Å²) >= 11 is 1.53. The van der Waals surface area contributed by atoms with Crippen LogP contribution in [0, 0.1) is 11.3 Å². The highest BCUT2D eigenvalue weighted by molar-refractivity contribution is 7.19. The van der Waals surface area contributed by atoms with Gasteiger partial charge in [-0.15, -0.1) is 11.3 Å². The fourth-order valence-corrected chi connectivity index (χ4v) is 3.66. The van der Waals surface area contributed by atoms with Gasteiger partial charge in [0.05, 0.1) is 15.8 Å². The second-order valence-corrected chi connectivity index (χ2v) is 7.03. The third kappa shape index (κ3) is 4.05. The lowest BCUT2D eigenvalue weighted by Crippen LogP contribution is -1.95. The molecule has 0 radical (unpaired) electrons. The molecule has 3 nitrogen and oxygen atoms in total. The van der Waals surface area contributed by atoms with Crippen LogP contribution >= 0.6 is 11.3 Å². The molecule has 0 unspecified atom stereocenters. The third-order valence-corrected chi connectivity index (χ3v) is 5.13. The molecule has 4 aromatic rings. The Morgan fingerprint density at radius 1 is 1.00 bits per heavy atom. The van der Waals surface area contributed by atoms with E-state index >= 15 is 0 Å². The first kappa shape index (κ1) is 17.0. The molecular formula is C23H16N2OS. The van der Waals surface area contributed by atoms with Crippen LogP contribution in [-0.4, -0.2) is 4.98 Å². The summed E-state index contributed by atoms with van der Waals surface area (Å²) in [5.74, 6) is 0.772. The van der Waals surface area contributed by atoms with Crippen molar-refractivity contribution in [3.05, 3.63) is 95.0 Å². The van der Waals surface area contributed by atoms with Gasteiger partial charge in [-0.1, -0.05) is 54.6 Å². The molecular weight excluding hydrogens is 352 g/mol. The van der Waals surface area contributed by atoms with Gasteiger partial charge < -0.3 is 4.74 Å². The highest BCUT2D eigenvalue weighted by atomic mass is 32.1. The van der Waals surface area contributed by atoms with Crippen molar-refractivity contribution in [1.82, 2.24) is 4.98 Å². The fraction of sp³-hybridized carbons (Fsp3) is 0.0435. The summed E-state index contributed by atoms with van der Waals surface area (Å²) in [5.41, 5.74) is 3.50. The van der Waals surface area contributed by atoms with Crippen molar-refractivity contribution in [3.8, 4) is 11.8 Å². The maximum Gasteiger partial charge on any atom is 0.135 e. The summed E-state index contributed by atoms with van der Waals surface area (Å²) in [6.07, 6.45) is 1.85. The van der Waals surface area contributed by atoms with Crippen LogP contribution in [0.4, 0.5) is 0 Å². The highest BCUT2D eigenvalue weighted by Crippen LogP contribution is 2.28. The molecule has 1 heterocycles. The Labute approximate surface area is 161 Å². The summed E-state index contributed by atoms with van der Waals surface area (Å²) in [5, 5.41) is 10.3. The number of fused-ring (bicyclic) bond motifs is 1. The van der Waals surface area contributed by atoms with Gasteiger partial charge in [-0.05, 0) is 41.5 Å². The molecule has 27 heavy (non-hydrogen) atoms. The maximum atomic E-state index is 9.60. The maximum absolute atomic E-state index is 9.60. The molecule has 0 aliphatic carbocycles. The largest absolute Gasteiger partial charge is 0.489 e. The first-order chi connectivity index (χ1) is 13.3. The van der Waals surface area contributed by atoms with Gasteiger partial charge >= 0.3 is 0 Å². The van der Waals surface area contributed by atoms with Crippen molar-refractivity contribution >= 4 is 33.2 Å². The summed E-state index contributed by atoms with van der Waals surface area (Å²) in [7, 11) is 0. The Hall–Kier alpha value is -3.42. The highest BCUT2D eigenvalue weighted by Gasteiger charge is 2.08. The van der Waals surface area contributed by atoms with Crippen LogP contribution in [0.2, 0.25) is 0 Å². The van der Waals surface area contributed by atoms with Crippen molar-refractivity contribution in [1.29, 1.82) is 5.26 Å². The van der Waals surface area contributed by atoms with E-state index < -0.39 is 0 Å². The van der Waals surface area contributed by atoms with Gasteiger partial charge in [0.25, 0.3) is 0 Å². The lowest BCUT2D eigenvalue weighted by atomic mass is 10.1. The van der Waals surface area contributed by atoms with Gasteiger partial charge in [-0.3, -0.25) is 0 Å². The number of allylic oxidation sites excluding steroid dienone is 1. The molecule has 0 aliphatic heterocycles. The predicted molar refractivity (Wildman–Crippen MR) is 110 cm³/mol. The van der Waals surface area contributed by atoms with Crippen molar-refractivity contribution in [2.45, 2.75) is 6.61 Å². The van der Waals surface area contributed by atoms with E-state index in [1.165, 1.54) is 11.3 Å². The quantitative estimate of drug-likeness (QED) is 0.410. The molecule has 0 bridgehead atoms. The van der Waals surface area contributed by atoms with Crippen LogP contribution in [0.1, 0.15) is 16.1 Å². The number of para-hydroxylation sites is 1. The molecule has 130 valence electrons. The van der Waals surface area contributed by atoms with Gasteiger partial charge in [0.1, 0.15) is 23.4 Å². The monoisotopic (exact) mass is 368 g/mol. The van der Waals surface area contributed by atoms with Crippen LogP contribution < -0.4 is 4.74 Å². The summed E-state index contributed by atoms with van der Waals surface area (Å²) < 4.78 is 6.95. The van der Waals surface area contributed by atoms with E-state index in [2.05, 4.69) is 11.1 Å². The number of ether oxygens (including phenoxy) is 1. The zero-order chi connectivity index (χ0) is 18.5. The van der Waals surface area contributed by atoms with E-state index in [0.29, 0.717) is 12.2 Å².